The molecule has 2 aliphatic rings. The Bertz CT molecular complexity index is 1590. The summed E-state index contributed by atoms with van der Waals surface area (Å²) < 4.78 is 39.8. The van der Waals surface area contributed by atoms with Crippen LogP contribution in [-0.2, 0) is 46.1 Å². The molecule has 0 spiro atoms. The number of ether oxygens (including phenoxy) is 5. The van der Waals surface area contributed by atoms with E-state index in [9.17, 15) is 4.79 Å². The Kier molecular flexibility index (Phi) is 10.0. The molecule has 0 radical (unpaired) electrons. The fourth-order valence-electron chi connectivity index (χ4n) is 6.95. The number of rotatable bonds is 12. The molecular formula is C40H46O7Si. The van der Waals surface area contributed by atoms with Gasteiger partial charge in [0.25, 0.3) is 8.32 Å². The first-order chi connectivity index (χ1) is 23.0. The van der Waals surface area contributed by atoms with Gasteiger partial charge in [-0.2, -0.15) is 0 Å². The van der Waals surface area contributed by atoms with E-state index in [0.717, 1.165) is 21.5 Å². The molecule has 4 aromatic rings. The number of carbonyl (C=O) groups is 1. The third-order valence-corrected chi connectivity index (χ3v) is 14.3. The lowest BCUT2D eigenvalue weighted by atomic mass is 9.90. The standard InChI is InChI=1S/C40H46O7Si/c1-38(2,3)48(32-22-14-8-15-23-32,33-24-16-9-17-25-33)45-29-40(34-28-44-39(4,5)46-34)36(43-27-31-20-12-7-13-21-31)35(37(41)47-40)42-26-30-18-10-6-11-19-30/h6-25,34-36H,26-29H2,1-5H3/t34-,35-,36-,40+/m1/s1. The quantitative estimate of drug-likeness (QED) is 0.132. The maximum absolute atomic E-state index is 14.0. The second-order valence-electron chi connectivity index (χ2n) is 14.1. The van der Waals surface area contributed by atoms with Crippen molar-refractivity contribution in [1.29, 1.82) is 0 Å². The number of cyclic esters (lactones) is 1. The molecule has 0 saturated carbocycles. The summed E-state index contributed by atoms with van der Waals surface area (Å²) in [5.41, 5.74) is 0.521. The maximum atomic E-state index is 14.0. The zero-order chi connectivity index (χ0) is 33.8. The van der Waals surface area contributed by atoms with Crippen LogP contribution in [0, 0.1) is 0 Å². The van der Waals surface area contributed by atoms with Gasteiger partial charge in [0.2, 0.25) is 0 Å². The lowest BCUT2D eigenvalue weighted by Gasteiger charge is -2.46. The van der Waals surface area contributed by atoms with Gasteiger partial charge >= 0.3 is 5.97 Å². The van der Waals surface area contributed by atoms with E-state index in [0.29, 0.717) is 0 Å². The van der Waals surface area contributed by atoms with Crippen LogP contribution in [0.4, 0.5) is 0 Å². The third-order valence-electron chi connectivity index (χ3n) is 9.31. The van der Waals surface area contributed by atoms with E-state index in [1.165, 1.54) is 0 Å². The number of carbonyl (C=O) groups excluding carboxylic acids is 1. The van der Waals surface area contributed by atoms with Crippen molar-refractivity contribution < 1.29 is 32.9 Å². The van der Waals surface area contributed by atoms with Crippen molar-refractivity contribution in [3.05, 3.63) is 132 Å². The largest absolute Gasteiger partial charge is 0.449 e. The van der Waals surface area contributed by atoms with Crippen molar-refractivity contribution in [1.82, 2.24) is 0 Å². The predicted octanol–water partition coefficient (Wildman–Crippen LogP) is 6.18. The molecule has 6 rings (SSSR count). The van der Waals surface area contributed by atoms with Crippen LogP contribution in [0.2, 0.25) is 5.04 Å². The second-order valence-corrected chi connectivity index (χ2v) is 18.4. The summed E-state index contributed by atoms with van der Waals surface area (Å²) in [5.74, 6) is -1.41. The summed E-state index contributed by atoms with van der Waals surface area (Å²) in [5, 5.41) is 1.92. The molecule has 7 nitrogen and oxygen atoms in total. The van der Waals surface area contributed by atoms with E-state index in [2.05, 4.69) is 69.3 Å². The summed E-state index contributed by atoms with van der Waals surface area (Å²) >= 11 is 0. The Labute approximate surface area is 285 Å². The van der Waals surface area contributed by atoms with Crippen molar-refractivity contribution in [2.75, 3.05) is 13.2 Å². The number of benzene rings is 4. The summed E-state index contributed by atoms with van der Waals surface area (Å²) in [7, 11) is -3.07. The van der Waals surface area contributed by atoms with Gasteiger partial charge in [0.15, 0.2) is 17.5 Å². The maximum Gasteiger partial charge on any atom is 0.339 e. The van der Waals surface area contributed by atoms with Crippen LogP contribution >= 0.6 is 0 Å². The summed E-state index contributed by atoms with van der Waals surface area (Å²) in [6.45, 7) is 11.1. The van der Waals surface area contributed by atoms with Gasteiger partial charge in [-0.05, 0) is 40.4 Å². The Hall–Kier alpha value is -3.63. The van der Waals surface area contributed by atoms with Crippen LogP contribution < -0.4 is 10.4 Å². The average Bonchev–Trinajstić information content (AvgIpc) is 3.60. The molecule has 0 aliphatic carbocycles. The minimum absolute atomic E-state index is 0.0147. The molecule has 2 fully saturated rings. The third kappa shape index (κ3) is 6.92. The lowest BCUT2D eigenvalue weighted by molar-refractivity contribution is -0.209. The molecule has 4 atom stereocenters. The van der Waals surface area contributed by atoms with E-state index in [1.807, 2.05) is 86.6 Å². The topological polar surface area (TPSA) is 72.5 Å². The summed E-state index contributed by atoms with van der Waals surface area (Å²) in [6.07, 6.45) is -2.57. The summed E-state index contributed by atoms with van der Waals surface area (Å²) in [6, 6.07) is 40.5. The minimum atomic E-state index is -3.07. The van der Waals surface area contributed by atoms with Gasteiger partial charge in [-0.15, -0.1) is 0 Å². The van der Waals surface area contributed by atoms with E-state index < -0.39 is 44.0 Å². The Balaban J connectivity index is 1.44. The molecule has 0 aromatic heterocycles. The van der Waals surface area contributed by atoms with Gasteiger partial charge < -0.3 is 28.1 Å². The smallest absolute Gasteiger partial charge is 0.339 e. The number of esters is 1. The Morgan fingerprint density at radius 1 is 0.729 bits per heavy atom. The van der Waals surface area contributed by atoms with Gasteiger partial charge in [0.05, 0.1) is 26.4 Å². The zero-order valence-electron chi connectivity index (χ0n) is 28.5. The number of hydrogen-bond acceptors (Lipinski definition) is 7. The Morgan fingerprint density at radius 3 is 1.67 bits per heavy atom. The highest BCUT2D eigenvalue weighted by Crippen LogP contribution is 2.44. The lowest BCUT2D eigenvalue weighted by Crippen LogP contribution is -2.69. The highest BCUT2D eigenvalue weighted by Gasteiger charge is 2.66. The predicted molar refractivity (Wildman–Crippen MR) is 187 cm³/mol. The average molecular weight is 667 g/mol. The Morgan fingerprint density at radius 2 is 1.21 bits per heavy atom. The van der Waals surface area contributed by atoms with Crippen LogP contribution in [0.1, 0.15) is 45.7 Å². The van der Waals surface area contributed by atoms with Crippen LogP contribution in [0.25, 0.3) is 0 Å². The van der Waals surface area contributed by atoms with Crippen molar-refractivity contribution in [3.63, 3.8) is 0 Å². The van der Waals surface area contributed by atoms with Crippen molar-refractivity contribution in [2.24, 2.45) is 0 Å². The second kappa shape index (κ2) is 14.1. The van der Waals surface area contributed by atoms with Crippen LogP contribution in [0.15, 0.2) is 121 Å². The fourth-order valence-corrected chi connectivity index (χ4v) is 11.5. The van der Waals surface area contributed by atoms with Gasteiger partial charge in [-0.25, -0.2) is 4.79 Å². The van der Waals surface area contributed by atoms with Crippen molar-refractivity contribution >= 4 is 24.7 Å². The molecule has 4 aromatic carbocycles. The van der Waals surface area contributed by atoms with Crippen LogP contribution in [0.3, 0.4) is 0 Å². The van der Waals surface area contributed by atoms with Crippen molar-refractivity contribution in [2.45, 2.75) is 82.6 Å². The fraction of sp³-hybridized carbons (Fsp3) is 0.375. The SMILES string of the molecule is CC1(C)OC[C@H]([C@]2(CO[Si](c3ccccc3)(c3ccccc3)C(C)(C)C)OC(=O)[C@H](OCc3ccccc3)[C@H]2OCc2ccccc2)O1. The zero-order valence-corrected chi connectivity index (χ0v) is 29.5. The first kappa shape index (κ1) is 34.2. The van der Waals surface area contributed by atoms with Gasteiger partial charge in [0.1, 0.15) is 12.2 Å². The minimum Gasteiger partial charge on any atom is -0.449 e. The highest BCUT2D eigenvalue weighted by molar-refractivity contribution is 6.99. The van der Waals surface area contributed by atoms with Crippen molar-refractivity contribution in [3.8, 4) is 0 Å². The number of hydrogen-bond donors (Lipinski definition) is 0. The van der Waals surface area contributed by atoms with Gasteiger partial charge in [-0.1, -0.05) is 142 Å². The molecule has 48 heavy (non-hydrogen) atoms. The molecule has 0 N–H and O–H groups in total. The molecule has 0 bridgehead atoms. The van der Waals surface area contributed by atoms with Crippen LogP contribution in [-0.4, -0.2) is 57.2 Å². The van der Waals surface area contributed by atoms with E-state index >= 15 is 0 Å². The molecule has 8 heteroatoms. The normalized spacial score (nSPS) is 24.0. The monoisotopic (exact) mass is 666 g/mol. The molecule has 0 amide bonds. The van der Waals surface area contributed by atoms with Gasteiger partial charge in [-0.3, -0.25) is 0 Å². The molecule has 252 valence electrons. The van der Waals surface area contributed by atoms with E-state index in [-0.39, 0.29) is 31.5 Å². The molecular weight excluding hydrogens is 621 g/mol. The molecule has 2 saturated heterocycles. The molecule has 2 heterocycles. The first-order valence-electron chi connectivity index (χ1n) is 16.6. The van der Waals surface area contributed by atoms with E-state index in [1.54, 1.807) is 0 Å². The molecule has 2 aliphatic heterocycles. The first-order valence-corrected chi connectivity index (χ1v) is 18.6. The van der Waals surface area contributed by atoms with Crippen LogP contribution in [0.5, 0.6) is 0 Å². The highest BCUT2D eigenvalue weighted by atomic mass is 28.4. The molecule has 0 unspecified atom stereocenters. The summed E-state index contributed by atoms with van der Waals surface area (Å²) in [4.78, 5) is 14.0. The van der Waals surface area contributed by atoms with Gasteiger partial charge in [0, 0.05) is 0 Å². The van der Waals surface area contributed by atoms with E-state index in [4.69, 9.17) is 28.1 Å².